The van der Waals surface area contributed by atoms with Gasteiger partial charge in [0.05, 0.1) is 17.8 Å². The van der Waals surface area contributed by atoms with E-state index in [2.05, 4.69) is 4.98 Å². The monoisotopic (exact) mass is 206 g/mol. The van der Waals surface area contributed by atoms with Gasteiger partial charge in [-0.2, -0.15) is 0 Å². The summed E-state index contributed by atoms with van der Waals surface area (Å²) in [5.74, 6) is 1.46. The van der Waals surface area contributed by atoms with Crippen molar-refractivity contribution in [3.8, 4) is 11.4 Å². The Balaban J connectivity index is 2.48. The molecule has 72 valence electrons. The van der Waals surface area contributed by atoms with Gasteiger partial charge in [-0.1, -0.05) is 30.3 Å². The van der Waals surface area contributed by atoms with Gasteiger partial charge in [-0.05, 0) is 0 Å². The van der Waals surface area contributed by atoms with Crippen molar-refractivity contribution >= 4 is 11.6 Å². The van der Waals surface area contributed by atoms with Gasteiger partial charge in [0.1, 0.15) is 5.82 Å². The molecule has 3 heteroatoms. The predicted molar refractivity (Wildman–Crippen MR) is 58.2 cm³/mol. The van der Waals surface area contributed by atoms with Crippen LogP contribution in [0.4, 0.5) is 0 Å². The molecule has 0 saturated heterocycles. The largest absolute Gasteiger partial charge is 0.330 e. The van der Waals surface area contributed by atoms with Crippen LogP contribution in [-0.4, -0.2) is 9.55 Å². The Hall–Kier alpha value is -1.28. The van der Waals surface area contributed by atoms with Gasteiger partial charge in [0.2, 0.25) is 0 Å². The second-order valence-electron chi connectivity index (χ2n) is 3.13. The maximum Gasteiger partial charge on any atom is 0.139 e. The maximum atomic E-state index is 5.77. The average Bonchev–Trinajstić information content (AvgIpc) is 2.61. The number of hydrogen-bond donors (Lipinski definition) is 0. The van der Waals surface area contributed by atoms with Crippen molar-refractivity contribution < 1.29 is 0 Å². The number of benzene rings is 1. The van der Waals surface area contributed by atoms with E-state index in [1.54, 1.807) is 0 Å². The Morgan fingerprint density at radius 2 is 2.00 bits per heavy atom. The van der Waals surface area contributed by atoms with Gasteiger partial charge >= 0.3 is 0 Å². The Labute approximate surface area is 88.2 Å². The van der Waals surface area contributed by atoms with Crippen molar-refractivity contribution in [3.63, 3.8) is 0 Å². The number of hydrogen-bond acceptors (Lipinski definition) is 1. The van der Waals surface area contributed by atoms with E-state index in [1.807, 2.05) is 48.1 Å². The molecule has 0 unspecified atom stereocenters. The number of alkyl halides is 1. The first kappa shape index (κ1) is 9.28. The topological polar surface area (TPSA) is 17.8 Å². The van der Waals surface area contributed by atoms with E-state index in [9.17, 15) is 0 Å². The zero-order chi connectivity index (χ0) is 9.97. The van der Waals surface area contributed by atoms with Crippen LogP contribution in [0.25, 0.3) is 11.4 Å². The minimum absolute atomic E-state index is 0.496. The van der Waals surface area contributed by atoms with Crippen LogP contribution in [0.1, 0.15) is 5.69 Å². The van der Waals surface area contributed by atoms with Crippen LogP contribution < -0.4 is 0 Å². The molecule has 1 aromatic carbocycles. The first-order valence-electron chi connectivity index (χ1n) is 4.45. The third-order valence-corrected chi connectivity index (χ3v) is 2.53. The summed E-state index contributed by atoms with van der Waals surface area (Å²) in [6, 6.07) is 10.1. The summed E-state index contributed by atoms with van der Waals surface area (Å²) < 4.78 is 2.02. The van der Waals surface area contributed by atoms with Crippen molar-refractivity contribution in [2.24, 2.45) is 7.05 Å². The molecule has 0 aliphatic rings. The van der Waals surface area contributed by atoms with E-state index >= 15 is 0 Å². The molecule has 2 aromatic rings. The smallest absolute Gasteiger partial charge is 0.139 e. The molecule has 0 saturated carbocycles. The minimum atomic E-state index is 0.496. The van der Waals surface area contributed by atoms with Gasteiger partial charge in [-0.25, -0.2) is 4.98 Å². The third kappa shape index (κ3) is 1.53. The molecule has 1 heterocycles. The summed E-state index contributed by atoms with van der Waals surface area (Å²) in [6.45, 7) is 0. The molecule has 0 N–H and O–H groups in total. The van der Waals surface area contributed by atoms with E-state index in [0.29, 0.717) is 5.88 Å². The molecular formula is C11H11ClN2. The van der Waals surface area contributed by atoms with Crippen molar-refractivity contribution in [2.75, 3.05) is 0 Å². The molecule has 0 fully saturated rings. The Morgan fingerprint density at radius 1 is 1.29 bits per heavy atom. The third-order valence-electron chi connectivity index (χ3n) is 2.25. The van der Waals surface area contributed by atoms with Crippen LogP contribution >= 0.6 is 11.6 Å². The van der Waals surface area contributed by atoms with Crippen LogP contribution in [0.2, 0.25) is 0 Å². The molecule has 0 aliphatic carbocycles. The normalized spacial score (nSPS) is 10.4. The molecule has 0 aliphatic heterocycles. The van der Waals surface area contributed by atoms with Crippen molar-refractivity contribution in [1.29, 1.82) is 0 Å². The number of imidazole rings is 1. The molecule has 0 atom stereocenters. The summed E-state index contributed by atoms with van der Waals surface area (Å²) in [6.07, 6.45) is 1.81. The maximum absolute atomic E-state index is 5.77. The second kappa shape index (κ2) is 3.84. The highest BCUT2D eigenvalue weighted by Crippen LogP contribution is 2.18. The van der Waals surface area contributed by atoms with Gasteiger partial charge < -0.3 is 4.57 Å². The number of rotatable bonds is 2. The molecule has 1 aromatic heterocycles. The van der Waals surface area contributed by atoms with Crippen molar-refractivity contribution in [1.82, 2.24) is 9.55 Å². The predicted octanol–water partition coefficient (Wildman–Crippen LogP) is 2.83. The molecule has 0 radical (unpaired) electrons. The van der Waals surface area contributed by atoms with E-state index in [1.165, 1.54) is 0 Å². The highest BCUT2D eigenvalue weighted by Gasteiger charge is 2.06. The summed E-state index contributed by atoms with van der Waals surface area (Å²) in [5.41, 5.74) is 2.15. The lowest BCUT2D eigenvalue weighted by Gasteiger charge is -2.03. The fourth-order valence-electron chi connectivity index (χ4n) is 1.42. The van der Waals surface area contributed by atoms with Crippen molar-refractivity contribution in [2.45, 2.75) is 5.88 Å². The van der Waals surface area contributed by atoms with Gasteiger partial charge in [-0.3, -0.25) is 0 Å². The highest BCUT2D eigenvalue weighted by molar-refractivity contribution is 6.16. The SMILES string of the molecule is Cn1c(CCl)cnc1-c1ccccc1. The molecular weight excluding hydrogens is 196 g/mol. The summed E-state index contributed by atoms with van der Waals surface area (Å²) in [4.78, 5) is 4.34. The van der Waals surface area contributed by atoms with E-state index in [-0.39, 0.29) is 0 Å². The quantitative estimate of drug-likeness (QED) is 0.691. The van der Waals surface area contributed by atoms with Gasteiger partial charge in [-0.15, -0.1) is 11.6 Å². The van der Waals surface area contributed by atoms with E-state index in [0.717, 1.165) is 17.1 Å². The molecule has 2 rings (SSSR count). The van der Waals surface area contributed by atoms with Crippen LogP contribution in [0.3, 0.4) is 0 Å². The fourth-order valence-corrected chi connectivity index (χ4v) is 1.67. The Bertz CT molecular complexity index is 420. The van der Waals surface area contributed by atoms with Gasteiger partial charge in [0.15, 0.2) is 0 Å². The zero-order valence-corrected chi connectivity index (χ0v) is 8.70. The van der Waals surface area contributed by atoms with Crippen LogP contribution in [0, 0.1) is 0 Å². The van der Waals surface area contributed by atoms with Crippen LogP contribution in [0.15, 0.2) is 36.5 Å². The Kier molecular flexibility index (Phi) is 2.55. The minimum Gasteiger partial charge on any atom is -0.330 e. The molecule has 0 amide bonds. The van der Waals surface area contributed by atoms with E-state index < -0.39 is 0 Å². The number of halogens is 1. The highest BCUT2D eigenvalue weighted by atomic mass is 35.5. The number of nitrogens with zero attached hydrogens (tertiary/aromatic N) is 2. The summed E-state index contributed by atoms with van der Waals surface area (Å²) in [7, 11) is 1.98. The second-order valence-corrected chi connectivity index (χ2v) is 3.40. The molecule has 0 spiro atoms. The lowest BCUT2D eigenvalue weighted by atomic mass is 10.2. The first-order chi connectivity index (χ1) is 6.83. The zero-order valence-electron chi connectivity index (χ0n) is 7.94. The lowest BCUT2D eigenvalue weighted by molar-refractivity contribution is 0.875. The van der Waals surface area contributed by atoms with Gasteiger partial charge in [0.25, 0.3) is 0 Å². The van der Waals surface area contributed by atoms with Crippen LogP contribution in [0.5, 0.6) is 0 Å². The van der Waals surface area contributed by atoms with Crippen LogP contribution in [-0.2, 0) is 12.9 Å². The fraction of sp³-hybridized carbons (Fsp3) is 0.182. The average molecular weight is 207 g/mol. The Morgan fingerprint density at radius 3 is 2.57 bits per heavy atom. The molecule has 14 heavy (non-hydrogen) atoms. The van der Waals surface area contributed by atoms with Gasteiger partial charge in [0, 0.05) is 12.6 Å². The first-order valence-corrected chi connectivity index (χ1v) is 4.98. The summed E-state index contributed by atoms with van der Waals surface area (Å²) in [5, 5.41) is 0. The van der Waals surface area contributed by atoms with Crippen molar-refractivity contribution in [3.05, 3.63) is 42.2 Å². The van der Waals surface area contributed by atoms with E-state index in [4.69, 9.17) is 11.6 Å². The number of aromatic nitrogens is 2. The standard InChI is InChI=1S/C11H11ClN2/c1-14-10(7-12)8-13-11(14)9-5-3-2-4-6-9/h2-6,8H,7H2,1H3. The lowest BCUT2D eigenvalue weighted by Crippen LogP contribution is -1.96. The summed E-state index contributed by atoms with van der Waals surface area (Å²) >= 11 is 5.77. The molecule has 2 nitrogen and oxygen atoms in total. The molecule has 0 bridgehead atoms.